The lowest BCUT2D eigenvalue weighted by molar-refractivity contribution is -0.143. The molecule has 3 aliphatic rings. The van der Waals surface area contributed by atoms with Gasteiger partial charge in [0.2, 0.25) is 5.91 Å². The number of amides is 1. The van der Waals surface area contributed by atoms with E-state index in [1.165, 1.54) is 16.1 Å². The fourth-order valence-corrected chi connectivity index (χ4v) is 6.98. The van der Waals surface area contributed by atoms with Gasteiger partial charge in [0.25, 0.3) is 0 Å². The molecule has 7 heteroatoms. The van der Waals surface area contributed by atoms with Gasteiger partial charge in [-0.25, -0.2) is 4.98 Å². The van der Waals surface area contributed by atoms with E-state index in [9.17, 15) is 14.7 Å². The molecule has 2 aromatic rings. The maximum Gasteiger partial charge on any atom is 0.306 e. The Morgan fingerprint density at radius 1 is 1.12 bits per heavy atom. The second-order valence-electron chi connectivity index (χ2n) is 9.98. The van der Waals surface area contributed by atoms with E-state index < -0.39 is 5.97 Å². The number of aryl methyl sites for hydroxylation is 2. The first-order valence-corrected chi connectivity index (χ1v) is 13.0. The van der Waals surface area contributed by atoms with Gasteiger partial charge in [-0.05, 0) is 63.5 Å². The number of benzene rings is 1. The van der Waals surface area contributed by atoms with Crippen molar-refractivity contribution in [1.82, 2.24) is 9.88 Å². The summed E-state index contributed by atoms with van der Waals surface area (Å²) < 4.78 is 0. The number of rotatable bonds is 5. The number of nitrogens with zero attached hydrogens (tertiary/aromatic N) is 3. The van der Waals surface area contributed by atoms with Crippen LogP contribution in [0.3, 0.4) is 0 Å². The van der Waals surface area contributed by atoms with Crippen LogP contribution in [0.2, 0.25) is 0 Å². The highest BCUT2D eigenvalue weighted by atomic mass is 32.1. The number of likely N-dealkylation sites (tertiary alicyclic amines) is 1. The summed E-state index contributed by atoms with van der Waals surface area (Å²) in [4.78, 5) is 35.1. The average molecular weight is 468 g/mol. The lowest BCUT2D eigenvalue weighted by atomic mass is 9.80. The summed E-state index contributed by atoms with van der Waals surface area (Å²) in [5, 5.41) is 10.3. The molecule has 1 amide bonds. The van der Waals surface area contributed by atoms with E-state index in [0.29, 0.717) is 31.1 Å². The van der Waals surface area contributed by atoms with Gasteiger partial charge in [-0.1, -0.05) is 18.2 Å². The fraction of sp³-hybridized carbons (Fsp3) is 0.577. The number of thiazole rings is 1. The zero-order valence-corrected chi connectivity index (χ0v) is 20.3. The third kappa shape index (κ3) is 4.39. The van der Waals surface area contributed by atoms with E-state index in [1.807, 2.05) is 0 Å². The molecular weight excluding hydrogens is 434 g/mol. The van der Waals surface area contributed by atoms with Crippen molar-refractivity contribution in [1.29, 1.82) is 0 Å². The number of aliphatic carboxylic acids is 1. The van der Waals surface area contributed by atoms with Crippen molar-refractivity contribution in [3.05, 3.63) is 45.4 Å². The van der Waals surface area contributed by atoms with Gasteiger partial charge in [-0.15, -0.1) is 11.3 Å². The molecule has 0 spiro atoms. The van der Waals surface area contributed by atoms with E-state index in [2.05, 4.69) is 47.9 Å². The second-order valence-corrected chi connectivity index (χ2v) is 11.4. The van der Waals surface area contributed by atoms with Crippen LogP contribution in [0.4, 0.5) is 5.69 Å². The Labute approximate surface area is 199 Å². The summed E-state index contributed by atoms with van der Waals surface area (Å²) in [6, 6.07) is 8.99. The molecule has 1 aromatic carbocycles. The highest BCUT2D eigenvalue weighted by Crippen LogP contribution is 2.46. The first kappa shape index (κ1) is 22.4. The summed E-state index contributed by atoms with van der Waals surface area (Å²) in [7, 11) is 0. The molecule has 2 atom stereocenters. The van der Waals surface area contributed by atoms with Gasteiger partial charge in [-0.3, -0.25) is 9.59 Å². The fourth-order valence-electron chi connectivity index (χ4n) is 6.15. The standard InChI is InChI=1S/C26H33N3O3S/c1-16-22(27-17(2)33-16)14-29-23-6-4-3-5-20(23)21-11-12-28(15-24(21)29)25(30)13-18-7-9-19(10-8-18)26(31)32/h3-6,18-19,21,24H,7-15H2,1-2H3,(H,31,32). The molecule has 2 fully saturated rings. The number of carbonyl (C=O) groups is 2. The zero-order chi connectivity index (χ0) is 23.1. The molecule has 1 aromatic heterocycles. The zero-order valence-electron chi connectivity index (χ0n) is 19.5. The van der Waals surface area contributed by atoms with Crippen LogP contribution in [0.15, 0.2) is 24.3 Å². The summed E-state index contributed by atoms with van der Waals surface area (Å²) in [6.07, 6.45) is 4.65. The van der Waals surface area contributed by atoms with Crippen molar-refractivity contribution < 1.29 is 14.7 Å². The van der Waals surface area contributed by atoms with Crippen LogP contribution in [0.5, 0.6) is 0 Å². The van der Waals surface area contributed by atoms with Crippen LogP contribution in [-0.4, -0.2) is 46.0 Å². The number of aromatic nitrogens is 1. The van der Waals surface area contributed by atoms with Gasteiger partial charge in [0.1, 0.15) is 0 Å². The van der Waals surface area contributed by atoms with E-state index in [1.54, 1.807) is 11.3 Å². The van der Waals surface area contributed by atoms with E-state index in [0.717, 1.165) is 49.6 Å². The average Bonchev–Trinajstić information content (AvgIpc) is 3.30. The predicted octanol–water partition coefficient (Wildman–Crippen LogP) is 4.75. The van der Waals surface area contributed by atoms with Crippen molar-refractivity contribution in [3.8, 4) is 0 Å². The number of fused-ring (bicyclic) bond motifs is 3. The molecule has 3 heterocycles. The van der Waals surface area contributed by atoms with Crippen molar-refractivity contribution >= 4 is 28.9 Å². The number of carbonyl (C=O) groups excluding carboxylic acids is 1. The second kappa shape index (κ2) is 9.09. The van der Waals surface area contributed by atoms with Crippen molar-refractivity contribution in [2.45, 2.75) is 70.9 Å². The summed E-state index contributed by atoms with van der Waals surface area (Å²) in [5.74, 6) is 0.104. The van der Waals surface area contributed by atoms with Gasteiger partial charge in [0, 0.05) is 36.0 Å². The summed E-state index contributed by atoms with van der Waals surface area (Å²) >= 11 is 1.75. The molecule has 176 valence electrons. The van der Waals surface area contributed by atoms with E-state index in [4.69, 9.17) is 4.98 Å². The molecule has 1 N–H and O–H groups in total. The molecule has 0 bridgehead atoms. The smallest absolute Gasteiger partial charge is 0.306 e. The first-order chi connectivity index (χ1) is 15.9. The van der Waals surface area contributed by atoms with Crippen LogP contribution in [0.1, 0.15) is 65.6 Å². The van der Waals surface area contributed by atoms with E-state index in [-0.39, 0.29) is 17.9 Å². The Morgan fingerprint density at radius 2 is 1.88 bits per heavy atom. The molecule has 33 heavy (non-hydrogen) atoms. The molecule has 6 nitrogen and oxygen atoms in total. The molecule has 1 saturated heterocycles. The Morgan fingerprint density at radius 3 is 2.58 bits per heavy atom. The van der Waals surface area contributed by atoms with Crippen LogP contribution >= 0.6 is 11.3 Å². The van der Waals surface area contributed by atoms with Gasteiger partial charge in [0.15, 0.2) is 0 Å². The highest BCUT2D eigenvalue weighted by molar-refractivity contribution is 7.11. The van der Waals surface area contributed by atoms with Gasteiger partial charge in [-0.2, -0.15) is 0 Å². The summed E-state index contributed by atoms with van der Waals surface area (Å²) in [5.41, 5.74) is 3.84. The predicted molar refractivity (Wildman–Crippen MR) is 130 cm³/mol. The highest BCUT2D eigenvalue weighted by Gasteiger charge is 2.43. The van der Waals surface area contributed by atoms with Crippen LogP contribution in [-0.2, 0) is 16.1 Å². The normalized spacial score (nSPS) is 26.7. The van der Waals surface area contributed by atoms with Crippen molar-refractivity contribution in [2.24, 2.45) is 11.8 Å². The van der Waals surface area contributed by atoms with Gasteiger partial charge >= 0.3 is 5.97 Å². The molecule has 2 aliphatic heterocycles. The number of hydrogen-bond donors (Lipinski definition) is 1. The molecular formula is C26H33N3O3S. The van der Waals surface area contributed by atoms with Crippen LogP contribution < -0.4 is 4.90 Å². The number of para-hydroxylation sites is 1. The third-order valence-corrected chi connectivity index (χ3v) is 8.89. The number of anilines is 1. The first-order valence-electron chi connectivity index (χ1n) is 12.2. The van der Waals surface area contributed by atoms with Crippen molar-refractivity contribution in [2.75, 3.05) is 18.0 Å². The molecule has 1 saturated carbocycles. The molecule has 1 aliphatic carbocycles. The lowest BCUT2D eigenvalue weighted by Gasteiger charge is -2.40. The number of hydrogen-bond acceptors (Lipinski definition) is 5. The third-order valence-electron chi connectivity index (χ3n) is 7.96. The monoisotopic (exact) mass is 467 g/mol. The van der Waals surface area contributed by atoms with Crippen LogP contribution in [0.25, 0.3) is 0 Å². The molecule has 5 rings (SSSR count). The Hall–Kier alpha value is -2.41. The largest absolute Gasteiger partial charge is 0.481 e. The number of carboxylic acid groups (broad SMARTS) is 1. The lowest BCUT2D eigenvalue weighted by Crippen LogP contribution is -2.50. The topological polar surface area (TPSA) is 73.7 Å². The molecule has 0 radical (unpaired) electrons. The van der Waals surface area contributed by atoms with Gasteiger partial charge < -0.3 is 14.9 Å². The summed E-state index contributed by atoms with van der Waals surface area (Å²) in [6.45, 7) is 6.56. The van der Waals surface area contributed by atoms with Crippen LogP contribution in [0, 0.1) is 25.7 Å². The maximum atomic E-state index is 13.2. The minimum absolute atomic E-state index is 0.226. The Bertz CT molecular complexity index is 1040. The quantitative estimate of drug-likeness (QED) is 0.687. The Balaban J connectivity index is 1.29. The minimum atomic E-state index is -0.687. The maximum absolute atomic E-state index is 13.2. The number of carboxylic acids is 1. The Kier molecular flexibility index (Phi) is 6.16. The minimum Gasteiger partial charge on any atom is -0.481 e. The van der Waals surface area contributed by atoms with Crippen molar-refractivity contribution in [3.63, 3.8) is 0 Å². The molecule has 2 unspecified atom stereocenters. The SMILES string of the molecule is Cc1nc(CN2c3ccccc3C3CCN(C(=O)CC4CCC(C(=O)O)CC4)CC32)c(C)s1. The number of piperidine rings is 1. The van der Waals surface area contributed by atoms with E-state index >= 15 is 0 Å². The van der Waals surface area contributed by atoms with Gasteiger partial charge in [0.05, 0.1) is 29.2 Å².